The van der Waals surface area contributed by atoms with Crippen LogP contribution in [0.2, 0.25) is 0 Å². The van der Waals surface area contributed by atoms with Crippen LogP contribution < -0.4 is 0 Å². The molecule has 0 bridgehead atoms. The van der Waals surface area contributed by atoms with Gasteiger partial charge in [0.15, 0.2) is 0 Å². The summed E-state index contributed by atoms with van der Waals surface area (Å²) in [6.45, 7) is 3.14. The number of likely N-dealkylation sites (tertiary alicyclic amines) is 1. The highest BCUT2D eigenvalue weighted by atomic mass is 16.4. The van der Waals surface area contributed by atoms with Gasteiger partial charge in [0, 0.05) is 24.4 Å². The highest BCUT2D eigenvalue weighted by Crippen LogP contribution is 2.61. The predicted octanol–water partition coefficient (Wildman–Crippen LogP) is 2.85. The molecule has 1 aromatic carbocycles. The maximum atomic E-state index is 13.1. The molecule has 1 spiro atoms. The van der Waals surface area contributed by atoms with Gasteiger partial charge in [-0.1, -0.05) is 31.2 Å². The van der Waals surface area contributed by atoms with Crippen LogP contribution in [0.4, 0.5) is 0 Å². The highest BCUT2D eigenvalue weighted by molar-refractivity contribution is 5.85. The molecule has 4 heteroatoms. The van der Waals surface area contributed by atoms with E-state index in [1.807, 2.05) is 11.8 Å². The number of hydrogen-bond donors (Lipinski definition) is 1. The Bertz CT molecular complexity index is 685. The summed E-state index contributed by atoms with van der Waals surface area (Å²) in [5, 5.41) is 9.34. The van der Waals surface area contributed by atoms with Gasteiger partial charge in [-0.05, 0) is 49.1 Å². The molecule has 4 atom stereocenters. The van der Waals surface area contributed by atoms with Gasteiger partial charge in [-0.15, -0.1) is 0 Å². The maximum absolute atomic E-state index is 13.1. The Kier molecular flexibility index (Phi) is 3.66. The number of amides is 1. The summed E-state index contributed by atoms with van der Waals surface area (Å²) in [6.07, 6.45) is 4.96. The second-order valence-electron chi connectivity index (χ2n) is 8.04. The molecule has 1 aromatic rings. The lowest BCUT2D eigenvalue weighted by Crippen LogP contribution is -2.47. The first-order valence-corrected chi connectivity index (χ1v) is 9.11. The number of carbonyl (C=O) groups is 2. The van der Waals surface area contributed by atoms with E-state index in [1.54, 1.807) is 0 Å². The number of nitrogens with zero attached hydrogens (tertiary/aromatic N) is 1. The first kappa shape index (κ1) is 15.7. The van der Waals surface area contributed by atoms with Crippen LogP contribution in [0.15, 0.2) is 24.3 Å². The Labute approximate surface area is 142 Å². The van der Waals surface area contributed by atoms with E-state index in [4.69, 9.17) is 0 Å². The van der Waals surface area contributed by atoms with Crippen molar-refractivity contribution in [3.63, 3.8) is 0 Å². The van der Waals surface area contributed by atoms with Gasteiger partial charge in [0.1, 0.15) is 0 Å². The first-order chi connectivity index (χ1) is 11.5. The minimum absolute atomic E-state index is 0.0331. The number of benzene rings is 1. The van der Waals surface area contributed by atoms with Gasteiger partial charge >= 0.3 is 5.97 Å². The van der Waals surface area contributed by atoms with E-state index in [9.17, 15) is 14.7 Å². The molecule has 4 nitrogen and oxygen atoms in total. The average Bonchev–Trinajstić information content (AvgIpc) is 3.28. The summed E-state index contributed by atoms with van der Waals surface area (Å²) in [7, 11) is 0. The van der Waals surface area contributed by atoms with E-state index < -0.39 is 11.9 Å². The number of aryl methyl sites for hydroxylation is 1. The van der Waals surface area contributed by atoms with Crippen molar-refractivity contribution >= 4 is 11.9 Å². The second kappa shape index (κ2) is 5.61. The van der Waals surface area contributed by atoms with Gasteiger partial charge in [-0.3, -0.25) is 9.59 Å². The van der Waals surface area contributed by atoms with Crippen molar-refractivity contribution in [2.24, 2.45) is 17.8 Å². The Balaban J connectivity index is 1.54. The molecule has 1 saturated heterocycles. The van der Waals surface area contributed by atoms with E-state index in [1.165, 1.54) is 11.1 Å². The Morgan fingerprint density at radius 3 is 2.83 bits per heavy atom. The normalized spacial score (nSPS) is 34.7. The number of rotatable bonds is 2. The third-order valence-electron chi connectivity index (χ3n) is 6.32. The lowest BCUT2D eigenvalue weighted by Gasteiger charge is -2.36. The van der Waals surface area contributed by atoms with Crippen LogP contribution in [0.5, 0.6) is 0 Å². The maximum Gasteiger partial charge on any atom is 0.308 e. The highest BCUT2D eigenvalue weighted by Gasteiger charge is 2.61. The zero-order chi connectivity index (χ0) is 16.9. The summed E-state index contributed by atoms with van der Waals surface area (Å²) in [4.78, 5) is 26.3. The zero-order valence-electron chi connectivity index (χ0n) is 14.2. The molecule has 2 aliphatic carbocycles. The molecule has 1 N–H and O–H groups in total. The first-order valence-electron chi connectivity index (χ1n) is 9.11. The van der Waals surface area contributed by atoms with Crippen LogP contribution >= 0.6 is 0 Å². The Morgan fingerprint density at radius 1 is 1.25 bits per heavy atom. The number of fused-ring (bicyclic) bond motifs is 2. The van der Waals surface area contributed by atoms with Crippen LogP contribution in [-0.2, 0) is 21.4 Å². The van der Waals surface area contributed by atoms with E-state index >= 15 is 0 Å². The van der Waals surface area contributed by atoms with Crippen molar-refractivity contribution in [2.45, 2.75) is 44.4 Å². The largest absolute Gasteiger partial charge is 0.481 e. The Hall–Kier alpha value is -1.84. The molecule has 4 rings (SSSR count). The van der Waals surface area contributed by atoms with E-state index in [0.717, 1.165) is 25.7 Å². The van der Waals surface area contributed by atoms with Gasteiger partial charge in [0.05, 0.1) is 5.92 Å². The fraction of sp³-hybridized carbons (Fsp3) is 0.600. The van der Waals surface area contributed by atoms with Crippen molar-refractivity contribution in [1.29, 1.82) is 0 Å². The molecule has 2 fully saturated rings. The van der Waals surface area contributed by atoms with Crippen molar-refractivity contribution < 1.29 is 14.7 Å². The zero-order valence-corrected chi connectivity index (χ0v) is 14.2. The van der Waals surface area contributed by atoms with Gasteiger partial charge in [-0.25, -0.2) is 0 Å². The molecule has 1 heterocycles. The van der Waals surface area contributed by atoms with Crippen LogP contribution in [0.3, 0.4) is 0 Å². The van der Waals surface area contributed by atoms with E-state index in [-0.39, 0.29) is 23.2 Å². The van der Waals surface area contributed by atoms with Gasteiger partial charge in [0.25, 0.3) is 0 Å². The van der Waals surface area contributed by atoms with Gasteiger partial charge < -0.3 is 10.0 Å². The standard InChI is InChI=1S/C20H25NO3/c1-13-9-15(19(23)24)12-21(11-13)18(22)17-10-20(17)8-4-6-14-5-2-3-7-16(14)20/h2-3,5,7,13,15,17H,4,6,8-12H2,1H3,(H,23,24). The quantitative estimate of drug-likeness (QED) is 0.909. The van der Waals surface area contributed by atoms with Crippen molar-refractivity contribution in [1.82, 2.24) is 4.90 Å². The van der Waals surface area contributed by atoms with Gasteiger partial charge in [-0.2, -0.15) is 0 Å². The molecule has 1 saturated carbocycles. The number of hydrogen-bond acceptors (Lipinski definition) is 2. The van der Waals surface area contributed by atoms with Crippen molar-refractivity contribution in [3.05, 3.63) is 35.4 Å². The minimum Gasteiger partial charge on any atom is -0.481 e. The van der Waals surface area contributed by atoms with E-state index in [0.29, 0.717) is 19.5 Å². The fourth-order valence-corrected chi connectivity index (χ4v) is 5.09. The lowest BCUT2D eigenvalue weighted by molar-refractivity contribution is -0.147. The molecular weight excluding hydrogens is 302 g/mol. The third kappa shape index (κ3) is 2.43. The van der Waals surface area contributed by atoms with Crippen LogP contribution in [0.1, 0.15) is 43.7 Å². The summed E-state index contributed by atoms with van der Waals surface area (Å²) in [5.74, 6) is -0.681. The topological polar surface area (TPSA) is 57.6 Å². The lowest BCUT2D eigenvalue weighted by atomic mass is 9.78. The number of carbonyl (C=O) groups excluding carboxylic acids is 1. The van der Waals surface area contributed by atoms with Crippen LogP contribution in [-0.4, -0.2) is 35.0 Å². The summed E-state index contributed by atoms with van der Waals surface area (Å²) < 4.78 is 0. The third-order valence-corrected chi connectivity index (χ3v) is 6.32. The smallest absolute Gasteiger partial charge is 0.308 e. The fourth-order valence-electron chi connectivity index (χ4n) is 5.09. The Morgan fingerprint density at radius 2 is 2.04 bits per heavy atom. The molecule has 1 aliphatic heterocycles. The van der Waals surface area contributed by atoms with Crippen LogP contribution in [0, 0.1) is 17.8 Å². The minimum atomic E-state index is -0.770. The predicted molar refractivity (Wildman–Crippen MR) is 90.7 cm³/mol. The molecule has 24 heavy (non-hydrogen) atoms. The van der Waals surface area contributed by atoms with Gasteiger partial charge in [0.2, 0.25) is 5.91 Å². The number of piperidine rings is 1. The van der Waals surface area contributed by atoms with Crippen molar-refractivity contribution in [2.75, 3.05) is 13.1 Å². The molecule has 0 radical (unpaired) electrons. The second-order valence-corrected chi connectivity index (χ2v) is 8.04. The molecule has 1 amide bonds. The SMILES string of the molecule is CC1CC(C(=O)O)CN(C(=O)C2CC23CCCc2ccccc23)C1. The number of aliphatic carboxylic acids is 1. The molecule has 3 aliphatic rings. The van der Waals surface area contributed by atoms with Crippen molar-refractivity contribution in [3.8, 4) is 0 Å². The number of carboxylic acid groups (broad SMARTS) is 1. The van der Waals surface area contributed by atoms with Crippen LogP contribution in [0.25, 0.3) is 0 Å². The van der Waals surface area contributed by atoms with E-state index in [2.05, 4.69) is 24.3 Å². The molecule has 4 unspecified atom stereocenters. The summed E-state index contributed by atoms with van der Waals surface area (Å²) in [6, 6.07) is 8.55. The molecule has 128 valence electrons. The summed E-state index contributed by atoms with van der Waals surface area (Å²) in [5.41, 5.74) is 2.80. The summed E-state index contributed by atoms with van der Waals surface area (Å²) >= 11 is 0. The average molecular weight is 327 g/mol. The number of carboxylic acids is 1. The monoisotopic (exact) mass is 327 g/mol. The molecular formula is C20H25NO3. The molecule has 0 aromatic heterocycles.